The Bertz CT molecular complexity index is 489. The Morgan fingerprint density at radius 1 is 1.13 bits per heavy atom. The Labute approximate surface area is 135 Å². The van der Waals surface area contributed by atoms with Crippen LogP contribution in [0.15, 0.2) is 12.2 Å². The zero-order valence-corrected chi connectivity index (χ0v) is 14.3. The molecule has 1 unspecified atom stereocenters. The summed E-state index contributed by atoms with van der Waals surface area (Å²) < 4.78 is 5.12. The van der Waals surface area contributed by atoms with Crippen molar-refractivity contribution >= 4 is 17.9 Å². The normalized spacial score (nSPS) is 16.7. The molecule has 0 aromatic rings. The van der Waals surface area contributed by atoms with Crippen LogP contribution in [0.5, 0.6) is 0 Å². The van der Waals surface area contributed by atoms with Gasteiger partial charge in [0, 0.05) is 18.6 Å². The molecule has 0 aliphatic carbocycles. The minimum atomic E-state index is -0.893. The van der Waals surface area contributed by atoms with E-state index < -0.39 is 35.2 Å². The van der Waals surface area contributed by atoms with Crippen molar-refractivity contribution in [2.24, 2.45) is 0 Å². The number of nitrogens with zero attached hydrogens (tertiary/aromatic N) is 1. The number of imide groups is 1. The first-order valence-corrected chi connectivity index (χ1v) is 7.30. The van der Waals surface area contributed by atoms with Gasteiger partial charge in [-0.05, 0) is 41.5 Å². The van der Waals surface area contributed by atoms with Gasteiger partial charge >= 0.3 is 6.09 Å². The van der Waals surface area contributed by atoms with E-state index in [1.54, 1.807) is 20.8 Å². The first-order chi connectivity index (χ1) is 10.4. The van der Waals surface area contributed by atoms with Gasteiger partial charge in [-0.15, -0.1) is 0 Å². The van der Waals surface area contributed by atoms with E-state index >= 15 is 0 Å². The lowest BCUT2D eigenvalue weighted by Crippen LogP contribution is -2.47. The van der Waals surface area contributed by atoms with E-state index in [9.17, 15) is 14.4 Å². The van der Waals surface area contributed by atoms with Crippen molar-refractivity contribution in [2.45, 2.75) is 65.3 Å². The number of carbonyl (C=O) groups is 3. The first kappa shape index (κ1) is 19.1. The Kier molecular flexibility index (Phi) is 5.90. The Hall–Kier alpha value is -1.93. The van der Waals surface area contributed by atoms with Crippen LogP contribution in [0.4, 0.5) is 4.79 Å². The summed E-state index contributed by atoms with van der Waals surface area (Å²) in [5.41, 5.74) is 0.947. The highest BCUT2D eigenvalue weighted by atomic mass is 17.2. The van der Waals surface area contributed by atoms with Gasteiger partial charge in [-0.3, -0.25) is 9.59 Å². The van der Waals surface area contributed by atoms with Crippen LogP contribution in [0.3, 0.4) is 0 Å². The summed E-state index contributed by atoms with van der Waals surface area (Å²) in [6.07, 6.45) is 1.07. The molecule has 0 saturated heterocycles. The quantitative estimate of drug-likeness (QED) is 0.454. The molecule has 1 N–H and O–H groups in total. The molecule has 0 fully saturated rings. The van der Waals surface area contributed by atoms with Crippen molar-refractivity contribution in [2.75, 3.05) is 0 Å². The molecule has 1 heterocycles. The summed E-state index contributed by atoms with van der Waals surface area (Å²) in [7, 11) is 0. The Morgan fingerprint density at radius 3 is 2.13 bits per heavy atom. The van der Waals surface area contributed by atoms with Crippen LogP contribution in [0.25, 0.3) is 0 Å². The van der Waals surface area contributed by atoms with Gasteiger partial charge in [-0.25, -0.2) is 20.0 Å². The molecular formula is C15H24N2O6. The third kappa shape index (κ3) is 6.79. The minimum absolute atomic E-state index is 0.358. The number of nitrogens with one attached hydrogen (secondary N) is 1. The van der Waals surface area contributed by atoms with Crippen molar-refractivity contribution in [1.82, 2.24) is 10.4 Å². The van der Waals surface area contributed by atoms with Gasteiger partial charge in [0.1, 0.15) is 11.7 Å². The fourth-order valence-electron chi connectivity index (χ4n) is 1.82. The zero-order valence-electron chi connectivity index (χ0n) is 14.3. The molecule has 0 radical (unpaired) electrons. The van der Waals surface area contributed by atoms with Crippen molar-refractivity contribution in [3.8, 4) is 0 Å². The molecule has 0 bridgehead atoms. The molecule has 130 valence electrons. The molecule has 1 rings (SSSR count). The molecule has 0 saturated carbocycles. The SMILES string of the molecule is CC(CC(C)(C)OOC(C)(C)C)OC(=O)NN1C(=O)C=CC1=O. The number of hydrogen-bond donors (Lipinski definition) is 1. The summed E-state index contributed by atoms with van der Waals surface area (Å²) in [6, 6.07) is 0. The van der Waals surface area contributed by atoms with Crippen LogP contribution in [0.2, 0.25) is 0 Å². The molecule has 1 aliphatic rings. The maximum atomic E-state index is 11.7. The van der Waals surface area contributed by atoms with E-state index in [0.717, 1.165) is 12.2 Å². The predicted molar refractivity (Wildman–Crippen MR) is 80.7 cm³/mol. The van der Waals surface area contributed by atoms with Crippen molar-refractivity contribution in [1.29, 1.82) is 0 Å². The number of hydrazine groups is 1. The molecular weight excluding hydrogens is 304 g/mol. The molecule has 0 spiro atoms. The van der Waals surface area contributed by atoms with Gasteiger partial charge in [0.25, 0.3) is 11.8 Å². The molecule has 0 aromatic carbocycles. The van der Waals surface area contributed by atoms with Crippen LogP contribution < -0.4 is 5.43 Å². The van der Waals surface area contributed by atoms with Crippen LogP contribution in [0.1, 0.15) is 48.0 Å². The maximum Gasteiger partial charge on any atom is 0.426 e. The van der Waals surface area contributed by atoms with Crippen molar-refractivity contribution in [3.05, 3.63) is 12.2 Å². The average Bonchev–Trinajstić information content (AvgIpc) is 2.67. The van der Waals surface area contributed by atoms with Crippen molar-refractivity contribution < 1.29 is 28.9 Å². The van der Waals surface area contributed by atoms with Crippen LogP contribution in [-0.4, -0.2) is 40.2 Å². The van der Waals surface area contributed by atoms with E-state index in [2.05, 4.69) is 5.43 Å². The highest BCUT2D eigenvalue weighted by molar-refractivity contribution is 6.13. The highest BCUT2D eigenvalue weighted by Crippen LogP contribution is 2.22. The van der Waals surface area contributed by atoms with E-state index in [-0.39, 0.29) is 0 Å². The van der Waals surface area contributed by atoms with Gasteiger partial charge < -0.3 is 4.74 Å². The second-order valence-electron chi connectivity index (χ2n) is 6.92. The topological polar surface area (TPSA) is 94.2 Å². The van der Waals surface area contributed by atoms with Gasteiger partial charge in [0.15, 0.2) is 0 Å². The largest absolute Gasteiger partial charge is 0.445 e. The lowest BCUT2D eigenvalue weighted by atomic mass is 10.0. The molecule has 23 heavy (non-hydrogen) atoms. The average molecular weight is 328 g/mol. The third-order valence-electron chi connectivity index (χ3n) is 2.62. The van der Waals surface area contributed by atoms with Crippen molar-refractivity contribution in [3.63, 3.8) is 0 Å². The van der Waals surface area contributed by atoms with E-state index in [0.29, 0.717) is 11.4 Å². The number of amides is 3. The molecule has 0 aromatic heterocycles. The second kappa shape index (κ2) is 7.10. The highest BCUT2D eigenvalue weighted by Gasteiger charge is 2.30. The molecule has 8 nitrogen and oxygen atoms in total. The lowest BCUT2D eigenvalue weighted by Gasteiger charge is -2.30. The van der Waals surface area contributed by atoms with Gasteiger partial charge in [0.2, 0.25) is 0 Å². The fourth-order valence-corrected chi connectivity index (χ4v) is 1.82. The van der Waals surface area contributed by atoms with Gasteiger partial charge in [-0.2, -0.15) is 5.01 Å². The molecule has 1 aliphatic heterocycles. The Morgan fingerprint density at radius 2 is 1.65 bits per heavy atom. The molecule has 3 amide bonds. The number of ether oxygens (including phenoxy) is 1. The van der Waals surface area contributed by atoms with Gasteiger partial charge in [0.05, 0.1) is 5.60 Å². The summed E-state index contributed by atoms with van der Waals surface area (Å²) in [4.78, 5) is 45.0. The molecule has 8 heteroatoms. The monoisotopic (exact) mass is 328 g/mol. The fraction of sp³-hybridized carbons (Fsp3) is 0.667. The lowest BCUT2D eigenvalue weighted by molar-refractivity contribution is -0.399. The smallest absolute Gasteiger partial charge is 0.426 e. The third-order valence-corrected chi connectivity index (χ3v) is 2.62. The summed E-state index contributed by atoms with van der Waals surface area (Å²) in [6.45, 7) is 10.8. The molecule has 1 atom stereocenters. The predicted octanol–water partition coefficient (Wildman–Crippen LogP) is 1.86. The van der Waals surface area contributed by atoms with E-state index in [1.807, 2.05) is 20.8 Å². The summed E-state index contributed by atoms with van der Waals surface area (Å²) in [5, 5.41) is 0.583. The van der Waals surface area contributed by atoms with Crippen LogP contribution in [0, 0.1) is 0 Å². The number of hydrogen-bond acceptors (Lipinski definition) is 6. The van der Waals surface area contributed by atoms with E-state index in [1.165, 1.54) is 0 Å². The maximum absolute atomic E-state index is 11.7. The minimum Gasteiger partial charge on any atom is -0.445 e. The van der Waals surface area contributed by atoms with Crippen LogP contribution in [-0.2, 0) is 24.1 Å². The number of carbonyl (C=O) groups excluding carboxylic acids is 3. The summed E-state index contributed by atoms with van der Waals surface area (Å²) >= 11 is 0. The number of rotatable bonds is 6. The standard InChI is InChI=1S/C15H24N2O6/c1-10(9-15(5,6)23-22-14(2,3)4)21-13(20)16-17-11(18)7-8-12(17)19/h7-8,10H,9H2,1-6H3,(H,16,20). The van der Waals surface area contributed by atoms with Gasteiger partial charge in [-0.1, -0.05) is 0 Å². The zero-order chi connectivity index (χ0) is 17.8. The first-order valence-electron chi connectivity index (χ1n) is 7.30. The second-order valence-corrected chi connectivity index (χ2v) is 6.92. The van der Waals surface area contributed by atoms with E-state index in [4.69, 9.17) is 14.5 Å². The summed E-state index contributed by atoms with van der Waals surface area (Å²) in [5.74, 6) is -1.25. The Balaban J connectivity index is 2.43. The van der Waals surface area contributed by atoms with Crippen LogP contribution >= 0.6 is 0 Å².